The van der Waals surface area contributed by atoms with Crippen molar-refractivity contribution in [2.45, 2.75) is 13.8 Å². The van der Waals surface area contributed by atoms with E-state index < -0.39 is 17.5 Å². The fourth-order valence-corrected chi connectivity index (χ4v) is 1.68. The molecule has 2 aromatic rings. The van der Waals surface area contributed by atoms with Gasteiger partial charge in [0.25, 0.3) is 0 Å². The zero-order valence-corrected chi connectivity index (χ0v) is 9.44. The molecule has 0 amide bonds. The molecule has 0 fully saturated rings. The van der Waals surface area contributed by atoms with E-state index in [1.807, 2.05) is 6.92 Å². The molecule has 17 heavy (non-hydrogen) atoms. The van der Waals surface area contributed by atoms with Crippen molar-refractivity contribution in [3.8, 4) is 0 Å². The summed E-state index contributed by atoms with van der Waals surface area (Å²) in [4.78, 5) is 3.97. The number of fused-ring (bicyclic) bond motifs is 1. The van der Waals surface area contributed by atoms with Gasteiger partial charge in [-0.2, -0.15) is 0 Å². The van der Waals surface area contributed by atoms with Crippen LogP contribution in [0.15, 0.2) is 12.1 Å². The quantitative estimate of drug-likeness (QED) is 0.814. The molecule has 0 aliphatic carbocycles. The lowest BCUT2D eigenvalue weighted by Gasteiger charge is -2.09. The average Bonchev–Trinajstić information content (AvgIpc) is 2.28. The van der Waals surface area contributed by atoms with E-state index in [0.717, 1.165) is 0 Å². The van der Waals surface area contributed by atoms with E-state index in [-0.39, 0.29) is 10.9 Å². The standard InChI is InChI=1S/C12H11F3N2/c1-3-16-12-6(2)4-7-10(15)8(13)5-9(14)11(7)17-12/h4-5H,3H2,1-2H3,(H,16,17). The summed E-state index contributed by atoms with van der Waals surface area (Å²) in [6.07, 6.45) is 0. The van der Waals surface area contributed by atoms with Crippen molar-refractivity contribution in [1.82, 2.24) is 4.98 Å². The second kappa shape index (κ2) is 4.24. The Morgan fingerprint density at radius 1 is 1.18 bits per heavy atom. The molecule has 0 bridgehead atoms. The van der Waals surface area contributed by atoms with E-state index in [1.54, 1.807) is 6.92 Å². The molecule has 1 heterocycles. The molecule has 2 rings (SSSR count). The zero-order chi connectivity index (χ0) is 12.6. The van der Waals surface area contributed by atoms with Crippen molar-refractivity contribution in [1.29, 1.82) is 0 Å². The van der Waals surface area contributed by atoms with E-state index in [0.29, 0.717) is 24.0 Å². The van der Waals surface area contributed by atoms with Crippen LogP contribution < -0.4 is 5.32 Å². The molecule has 90 valence electrons. The number of nitrogens with one attached hydrogen (secondary N) is 1. The molecule has 0 radical (unpaired) electrons. The lowest BCUT2D eigenvalue weighted by molar-refractivity contribution is 0.505. The van der Waals surface area contributed by atoms with Crippen LogP contribution in [0.3, 0.4) is 0 Å². The minimum absolute atomic E-state index is 0.137. The van der Waals surface area contributed by atoms with Gasteiger partial charge in [-0.05, 0) is 25.5 Å². The average molecular weight is 240 g/mol. The fourth-order valence-electron chi connectivity index (χ4n) is 1.68. The number of nitrogens with zero attached hydrogens (tertiary/aromatic N) is 1. The third kappa shape index (κ3) is 1.92. The van der Waals surface area contributed by atoms with E-state index in [4.69, 9.17) is 0 Å². The largest absolute Gasteiger partial charge is 0.370 e. The van der Waals surface area contributed by atoms with Gasteiger partial charge in [0.05, 0.1) is 0 Å². The van der Waals surface area contributed by atoms with Crippen molar-refractivity contribution >= 4 is 16.7 Å². The van der Waals surface area contributed by atoms with Gasteiger partial charge >= 0.3 is 0 Å². The van der Waals surface area contributed by atoms with Crippen LogP contribution >= 0.6 is 0 Å². The molecular weight excluding hydrogens is 229 g/mol. The van der Waals surface area contributed by atoms with Crippen LogP contribution in [0.5, 0.6) is 0 Å². The molecule has 1 aromatic heterocycles. The monoisotopic (exact) mass is 240 g/mol. The topological polar surface area (TPSA) is 24.9 Å². The number of benzene rings is 1. The van der Waals surface area contributed by atoms with Crippen molar-refractivity contribution in [3.63, 3.8) is 0 Å². The van der Waals surface area contributed by atoms with E-state index in [9.17, 15) is 13.2 Å². The van der Waals surface area contributed by atoms with Crippen molar-refractivity contribution in [2.24, 2.45) is 0 Å². The summed E-state index contributed by atoms with van der Waals surface area (Å²) in [5, 5.41) is 2.80. The highest BCUT2D eigenvalue weighted by Gasteiger charge is 2.15. The highest BCUT2D eigenvalue weighted by molar-refractivity contribution is 5.83. The van der Waals surface area contributed by atoms with E-state index in [1.165, 1.54) is 6.07 Å². The Bertz CT molecular complexity index is 582. The molecule has 0 saturated carbocycles. The number of anilines is 1. The minimum Gasteiger partial charge on any atom is -0.370 e. The van der Waals surface area contributed by atoms with E-state index >= 15 is 0 Å². The van der Waals surface area contributed by atoms with Gasteiger partial charge in [-0.25, -0.2) is 18.2 Å². The summed E-state index contributed by atoms with van der Waals surface area (Å²) < 4.78 is 40.0. The maximum Gasteiger partial charge on any atom is 0.168 e. The predicted molar refractivity (Wildman–Crippen MR) is 60.5 cm³/mol. The van der Waals surface area contributed by atoms with Crippen LogP contribution in [-0.4, -0.2) is 11.5 Å². The molecule has 2 nitrogen and oxygen atoms in total. The van der Waals surface area contributed by atoms with Gasteiger partial charge in [-0.3, -0.25) is 0 Å². The smallest absolute Gasteiger partial charge is 0.168 e. The Hall–Kier alpha value is -1.78. The number of aryl methyl sites for hydroxylation is 1. The summed E-state index contributed by atoms with van der Waals surface area (Å²) in [6.45, 7) is 4.18. The number of aromatic nitrogens is 1. The van der Waals surface area contributed by atoms with Gasteiger partial charge < -0.3 is 5.32 Å². The highest BCUT2D eigenvalue weighted by atomic mass is 19.2. The summed E-state index contributed by atoms with van der Waals surface area (Å²) >= 11 is 0. The van der Waals surface area contributed by atoms with Gasteiger partial charge in [-0.1, -0.05) is 0 Å². The molecule has 0 aliphatic heterocycles. The lowest BCUT2D eigenvalue weighted by atomic mass is 10.1. The first-order valence-corrected chi connectivity index (χ1v) is 5.23. The van der Waals surface area contributed by atoms with Crippen LogP contribution in [0.1, 0.15) is 12.5 Å². The molecule has 0 spiro atoms. The maximum absolute atomic E-state index is 13.5. The molecule has 0 unspecified atom stereocenters. The summed E-state index contributed by atoms with van der Waals surface area (Å²) in [6, 6.07) is 1.90. The molecule has 5 heteroatoms. The number of rotatable bonds is 2. The maximum atomic E-state index is 13.5. The second-order valence-corrected chi connectivity index (χ2v) is 3.73. The Kier molecular flexibility index (Phi) is 2.92. The zero-order valence-electron chi connectivity index (χ0n) is 9.44. The van der Waals surface area contributed by atoms with Crippen molar-refractivity contribution in [3.05, 3.63) is 35.1 Å². The second-order valence-electron chi connectivity index (χ2n) is 3.73. The first-order chi connectivity index (χ1) is 8.04. The third-order valence-corrected chi connectivity index (χ3v) is 2.48. The molecule has 0 atom stereocenters. The van der Waals surface area contributed by atoms with Gasteiger partial charge in [0, 0.05) is 18.0 Å². The summed E-state index contributed by atoms with van der Waals surface area (Å²) in [5.74, 6) is -2.66. The highest BCUT2D eigenvalue weighted by Crippen LogP contribution is 2.26. The van der Waals surface area contributed by atoms with Crippen molar-refractivity contribution in [2.75, 3.05) is 11.9 Å². The van der Waals surface area contributed by atoms with E-state index in [2.05, 4.69) is 10.3 Å². The van der Waals surface area contributed by atoms with Crippen molar-refractivity contribution < 1.29 is 13.2 Å². The molecular formula is C12H11F3N2. The Labute approximate surface area is 96.5 Å². The number of halogens is 3. The van der Waals surface area contributed by atoms with Gasteiger partial charge in [0.1, 0.15) is 11.3 Å². The molecule has 0 aliphatic rings. The Balaban J connectivity index is 2.78. The van der Waals surface area contributed by atoms with Crippen LogP contribution in [0.25, 0.3) is 10.9 Å². The van der Waals surface area contributed by atoms with Crippen LogP contribution in [-0.2, 0) is 0 Å². The SMILES string of the molecule is CCNc1nc2c(F)cc(F)c(F)c2cc1C. The van der Waals surface area contributed by atoms with Crippen LogP contribution in [0.4, 0.5) is 19.0 Å². The number of pyridine rings is 1. The lowest BCUT2D eigenvalue weighted by Crippen LogP contribution is -2.03. The third-order valence-electron chi connectivity index (χ3n) is 2.48. The number of hydrogen-bond donors (Lipinski definition) is 1. The molecule has 1 aromatic carbocycles. The van der Waals surface area contributed by atoms with Gasteiger partial charge in [0.2, 0.25) is 0 Å². The van der Waals surface area contributed by atoms with Crippen LogP contribution in [0, 0.1) is 24.4 Å². The first kappa shape index (κ1) is 11.7. The predicted octanol–water partition coefficient (Wildman–Crippen LogP) is 3.39. The van der Waals surface area contributed by atoms with Gasteiger partial charge in [-0.15, -0.1) is 0 Å². The summed E-state index contributed by atoms with van der Waals surface area (Å²) in [5.41, 5.74) is 0.480. The first-order valence-electron chi connectivity index (χ1n) is 5.23. The molecule has 0 saturated heterocycles. The van der Waals surface area contributed by atoms with Gasteiger partial charge in [0.15, 0.2) is 17.5 Å². The Morgan fingerprint density at radius 2 is 1.88 bits per heavy atom. The normalized spacial score (nSPS) is 10.9. The fraction of sp³-hybridized carbons (Fsp3) is 0.250. The molecule has 1 N–H and O–H groups in total. The Morgan fingerprint density at radius 3 is 2.53 bits per heavy atom. The minimum atomic E-state index is -1.20. The number of hydrogen-bond acceptors (Lipinski definition) is 2. The van der Waals surface area contributed by atoms with Crippen LogP contribution in [0.2, 0.25) is 0 Å². The summed E-state index contributed by atoms with van der Waals surface area (Å²) in [7, 11) is 0.